The van der Waals surface area contributed by atoms with Gasteiger partial charge in [-0.3, -0.25) is 4.79 Å². The van der Waals surface area contributed by atoms with E-state index in [4.69, 9.17) is 0 Å². The van der Waals surface area contributed by atoms with Crippen LogP contribution in [0.5, 0.6) is 0 Å². The van der Waals surface area contributed by atoms with E-state index in [0.717, 1.165) is 24.3 Å². The van der Waals surface area contributed by atoms with Crippen LogP contribution in [0.15, 0.2) is 0 Å². The Balaban J connectivity index is 1.97. The molecule has 2 nitrogen and oxygen atoms in total. The van der Waals surface area contributed by atoms with Gasteiger partial charge in [-0.25, -0.2) is 0 Å². The number of nitrogens with zero attached hydrogens (tertiary/aromatic N) is 1. The van der Waals surface area contributed by atoms with Gasteiger partial charge in [-0.2, -0.15) is 0 Å². The van der Waals surface area contributed by atoms with E-state index in [0.29, 0.717) is 5.41 Å². The van der Waals surface area contributed by atoms with Crippen molar-refractivity contribution in [2.45, 2.75) is 32.6 Å². The Morgan fingerprint density at radius 1 is 1.57 bits per heavy atom. The number of alkyl halides is 1. The lowest BCUT2D eigenvalue weighted by Crippen LogP contribution is -2.29. The van der Waals surface area contributed by atoms with Crippen molar-refractivity contribution < 1.29 is 4.79 Å². The van der Waals surface area contributed by atoms with E-state index in [1.807, 2.05) is 4.90 Å². The predicted octanol–water partition coefficient (Wildman–Crippen LogP) is 2.42. The lowest BCUT2D eigenvalue weighted by atomic mass is 9.85. The molecule has 1 amide bonds. The minimum atomic E-state index is 0.254. The van der Waals surface area contributed by atoms with E-state index < -0.39 is 0 Å². The summed E-state index contributed by atoms with van der Waals surface area (Å²) in [5.74, 6) is 1.10. The summed E-state index contributed by atoms with van der Waals surface area (Å²) in [5, 5.41) is 1.13. The van der Waals surface area contributed by atoms with Crippen LogP contribution in [0.1, 0.15) is 32.6 Å². The van der Waals surface area contributed by atoms with Crippen LogP contribution in [0.2, 0.25) is 0 Å². The van der Waals surface area contributed by atoms with Crippen molar-refractivity contribution in [1.29, 1.82) is 0 Å². The van der Waals surface area contributed by atoms with Crippen molar-refractivity contribution in [1.82, 2.24) is 4.90 Å². The second kappa shape index (κ2) is 3.84. The van der Waals surface area contributed by atoms with Crippen LogP contribution in [-0.2, 0) is 4.79 Å². The van der Waals surface area contributed by atoms with E-state index in [2.05, 4.69) is 15.9 Å². The van der Waals surface area contributed by atoms with Crippen molar-refractivity contribution in [2.24, 2.45) is 11.3 Å². The van der Waals surface area contributed by atoms with Crippen molar-refractivity contribution in [3.63, 3.8) is 0 Å². The molecule has 0 bridgehead atoms. The van der Waals surface area contributed by atoms with E-state index in [-0.39, 0.29) is 5.91 Å². The van der Waals surface area contributed by atoms with Crippen molar-refractivity contribution >= 4 is 21.8 Å². The number of amides is 1. The first-order valence-electron chi connectivity index (χ1n) is 5.47. The first-order chi connectivity index (χ1) is 6.65. The molecule has 2 aliphatic rings. The van der Waals surface area contributed by atoms with Gasteiger partial charge in [0.25, 0.3) is 0 Å². The number of carbonyl (C=O) groups excluding carboxylic acids is 1. The molecule has 0 N–H and O–H groups in total. The summed E-state index contributed by atoms with van der Waals surface area (Å²) in [6.45, 7) is 3.70. The average molecular weight is 260 g/mol. The van der Waals surface area contributed by atoms with Gasteiger partial charge in [0, 0.05) is 25.3 Å². The monoisotopic (exact) mass is 259 g/mol. The summed E-state index contributed by atoms with van der Waals surface area (Å²) >= 11 is 3.57. The summed E-state index contributed by atoms with van der Waals surface area (Å²) in [5.41, 5.74) is 0.490. The highest BCUT2D eigenvalue weighted by Gasteiger charge is 2.44. The highest BCUT2D eigenvalue weighted by atomic mass is 79.9. The van der Waals surface area contributed by atoms with Gasteiger partial charge >= 0.3 is 0 Å². The molecule has 1 saturated heterocycles. The van der Waals surface area contributed by atoms with E-state index in [1.54, 1.807) is 6.92 Å². The van der Waals surface area contributed by atoms with Crippen LogP contribution < -0.4 is 0 Å². The molecule has 80 valence electrons. The number of hydrogen-bond donors (Lipinski definition) is 0. The minimum Gasteiger partial charge on any atom is -0.342 e. The summed E-state index contributed by atoms with van der Waals surface area (Å²) in [4.78, 5) is 13.3. The first kappa shape index (κ1) is 10.5. The molecule has 1 heterocycles. The third kappa shape index (κ3) is 1.83. The molecule has 0 aromatic carbocycles. The largest absolute Gasteiger partial charge is 0.342 e. The zero-order valence-corrected chi connectivity index (χ0v) is 10.3. The normalized spacial score (nSPS) is 37.0. The Morgan fingerprint density at radius 3 is 2.86 bits per heavy atom. The van der Waals surface area contributed by atoms with Crippen molar-refractivity contribution in [3.8, 4) is 0 Å². The molecule has 1 aliphatic carbocycles. The topological polar surface area (TPSA) is 20.3 Å². The SMILES string of the molecule is CC(=O)N1CCC2(CCC(CBr)C2)C1. The van der Waals surface area contributed by atoms with E-state index in [1.165, 1.54) is 25.7 Å². The van der Waals surface area contributed by atoms with Crippen LogP contribution in [0.25, 0.3) is 0 Å². The first-order valence-corrected chi connectivity index (χ1v) is 6.59. The quantitative estimate of drug-likeness (QED) is 0.663. The molecular weight excluding hydrogens is 242 g/mol. The van der Waals surface area contributed by atoms with E-state index >= 15 is 0 Å². The highest BCUT2D eigenvalue weighted by Crippen LogP contribution is 2.48. The minimum absolute atomic E-state index is 0.254. The van der Waals surface area contributed by atoms with Gasteiger partial charge in [-0.15, -0.1) is 0 Å². The Hall–Kier alpha value is -0.0500. The maximum atomic E-state index is 11.3. The molecule has 3 heteroatoms. The second-order valence-corrected chi connectivity index (χ2v) is 5.60. The van der Waals surface area contributed by atoms with Gasteiger partial charge in [0.1, 0.15) is 0 Å². The van der Waals surface area contributed by atoms with Crippen LogP contribution >= 0.6 is 15.9 Å². The Morgan fingerprint density at radius 2 is 2.36 bits per heavy atom. The molecule has 1 spiro atoms. The standard InChI is InChI=1S/C11H18BrNO/c1-9(14)13-5-4-11(8-13)3-2-10(6-11)7-12/h10H,2-8H2,1H3. The van der Waals surface area contributed by atoms with E-state index in [9.17, 15) is 4.79 Å². The van der Waals surface area contributed by atoms with Gasteiger partial charge < -0.3 is 4.90 Å². The van der Waals surface area contributed by atoms with Gasteiger partial charge in [0.05, 0.1) is 0 Å². The number of rotatable bonds is 1. The molecule has 2 unspecified atom stereocenters. The third-order valence-corrected chi connectivity index (χ3v) is 4.82. The molecule has 0 aromatic rings. The highest BCUT2D eigenvalue weighted by molar-refractivity contribution is 9.09. The number of carbonyl (C=O) groups is 1. The predicted molar refractivity (Wildman–Crippen MR) is 60.4 cm³/mol. The molecule has 2 atom stereocenters. The Labute approximate surface area is 94.2 Å². The number of hydrogen-bond acceptors (Lipinski definition) is 1. The van der Waals surface area contributed by atoms with Crippen LogP contribution in [-0.4, -0.2) is 29.2 Å². The molecule has 2 rings (SSSR count). The van der Waals surface area contributed by atoms with Gasteiger partial charge in [-0.05, 0) is 37.0 Å². The molecule has 1 aliphatic heterocycles. The van der Waals surface area contributed by atoms with Crippen LogP contribution in [0.4, 0.5) is 0 Å². The third-order valence-electron chi connectivity index (χ3n) is 3.91. The summed E-state index contributed by atoms with van der Waals surface area (Å²) < 4.78 is 0. The molecule has 2 fully saturated rings. The summed E-state index contributed by atoms with van der Waals surface area (Å²) in [7, 11) is 0. The van der Waals surface area contributed by atoms with Crippen molar-refractivity contribution in [2.75, 3.05) is 18.4 Å². The molecule has 1 saturated carbocycles. The van der Waals surface area contributed by atoms with Gasteiger partial charge in [0.2, 0.25) is 5.91 Å². The average Bonchev–Trinajstić information content (AvgIpc) is 2.74. The van der Waals surface area contributed by atoms with Crippen LogP contribution in [0, 0.1) is 11.3 Å². The smallest absolute Gasteiger partial charge is 0.219 e. The summed E-state index contributed by atoms with van der Waals surface area (Å²) in [6, 6.07) is 0. The number of likely N-dealkylation sites (tertiary alicyclic amines) is 1. The second-order valence-electron chi connectivity index (χ2n) is 4.95. The van der Waals surface area contributed by atoms with Crippen LogP contribution in [0.3, 0.4) is 0 Å². The Kier molecular flexibility index (Phi) is 2.87. The fourth-order valence-corrected chi connectivity index (χ4v) is 3.59. The fourth-order valence-electron chi connectivity index (χ4n) is 3.03. The molecule has 0 radical (unpaired) electrons. The molecule has 14 heavy (non-hydrogen) atoms. The van der Waals surface area contributed by atoms with Gasteiger partial charge in [0.15, 0.2) is 0 Å². The fraction of sp³-hybridized carbons (Fsp3) is 0.909. The lowest BCUT2D eigenvalue weighted by Gasteiger charge is -2.23. The maximum Gasteiger partial charge on any atom is 0.219 e. The zero-order valence-electron chi connectivity index (χ0n) is 8.76. The number of halogens is 1. The zero-order chi connectivity index (χ0) is 10.2. The maximum absolute atomic E-state index is 11.3. The Bertz CT molecular complexity index is 243. The molecular formula is C11H18BrNO. The summed E-state index contributed by atoms with van der Waals surface area (Å²) in [6.07, 6.45) is 5.22. The van der Waals surface area contributed by atoms with Gasteiger partial charge in [-0.1, -0.05) is 15.9 Å². The lowest BCUT2D eigenvalue weighted by molar-refractivity contribution is -0.128. The van der Waals surface area contributed by atoms with Crippen molar-refractivity contribution in [3.05, 3.63) is 0 Å². The molecule has 0 aromatic heterocycles.